The molecule has 31 heavy (non-hydrogen) atoms. The van der Waals surface area contributed by atoms with Crippen molar-refractivity contribution in [2.45, 2.75) is 12.5 Å². The first-order valence-corrected chi connectivity index (χ1v) is 9.67. The number of halogens is 1. The van der Waals surface area contributed by atoms with Crippen LogP contribution in [0.4, 0.5) is 0 Å². The first-order valence-electron chi connectivity index (χ1n) is 9.29. The van der Waals surface area contributed by atoms with Gasteiger partial charge in [0.1, 0.15) is 0 Å². The number of pyridine rings is 1. The van der Waals surface area contributed by atoms with Gasteiger partial charge in [-0.1, -0.05) is 29.8 Å². The minimum Gasteiger partial charge on any atom is -0.467 e. The highest BCUT2D eigenvalue weighted by Crippen LogP contribution is 2.30. The predicted molar refractivity (Wildman–Crippen MR) is 114 cm³/mol. The highest BCUT2D eigenvalue weighted by atomic mass is 35.5. The van der Waals surface area contributed by atoms with Crippen LogP contribution in [0.2, 0.25) is 5.02 Å². The summed E-state index contributed by atoms with van der Waals surface area (Å²) in [7, 11) is 1.07. The highest BCUT2D eigenvalue weighted by Gasteiger charge is 2.53. The van der Waals surface area contributed by atoms with Crippen molar-refractivity contribution in [3.8, 4) is 0 Å². The Morgan fingerprint density at radius 3 is 2.39 bits per heavy atom. The number of rotatable bonds is 6. The van der Waals surface area contributed by atoms with Gasteiger partial charge in [0.2, 0.25) is 5.56 Å². The number of hydrogen-bond donors (Lipinski definition) is 2. The number of para-hydroxylation sites is 1. The van der Waals surface area contributed by atoms with Crippen LogP contribution >= 0.6 is 11.6 Å². The van der Waals surface area contributed by atoms with E-state index in [1.165, 1.54) is 24.3 Å². The number of carbonyl (C=O) groups is 3. The number of benzene rings is 2. The molecule has 3 aromatic rings. The van der Waals surface area contributed by atoms with E-state index in [2.05, 4.69) is 10.3 Å². The lowest BCUT2D eigenvalue weighted by Gasteiger charge is -2.30. The summed E-state index contributed by atoms with van der Waals surface area (Å²) in [5.41, 5.74) is -2.57. The Morgan fingerprint density at radius 1 is 1.06 bits per heavy atom. The topological polar surface area (TPSA) is 115 Å². The van der Waals surface area contributed by atoms with Crippen LogP contribution in [-0.2, 0) is 24.6 Å². The second-order valence-corrected chi connectivity index (χ2v) is 6.95. The van der Waals surface area contributed by atoms with E-state index in [0.717, 1.165) is 13.2 Å². The number of aromatic amines is 1. The van der Waals surface area contributed by atoms with Gasteiger partial charge in [0.05, 0.1) is 13.7 Å². The van der Waals surface area contributed by atoms with Crippen molar-refractivity contribution >= 4 is 40.3 Å². The summed E-state index contributed by atoms with van der Waals surface area (Å²) < 4.78 is 10.0. The third kappa shape index (κ3) is 4.15. The van der Waals surface area contributed by atoms with E-state index in [-0.39, 0.29) is 17.7 Å². The van der Waals surface area contributed by atoms with Crippen molar-refractivity contribution < 1.29 is 23.9 Å². The average molecular weight is 443 g/mol. The average Bonchev–Trinajstić information content (AvgIpc) is 2.76. The van der Waals surface area contributed by atoms with Crippen LogP contribution in [0.5, 0.6) is 0 Å². The van der Waals surface area contributed by atoms with Gasteiger partial charge in [-0.15, -0.1) is 0 Å². The van der Waals surface area contributed by atoms with Crippen molar-refractivity contribution in [2.24, 2.45) is 0 Å². The Kier molecular flexibility index (Phi) is 6.41. The zero-order chi connectivity index (χ0) is 22.6. The molecule has 2 aromatic carbocycles. The van der Waals surface area contributed by atoms with Crippen LogP contribution in [0.25, 0.3) is 10.9 Å². The molecular weight excluding hydrogens is 424 g/mol. The molecule has 0 fully saturated rings. The maximum absolute atomic E-state index is 13.2. The number of carbonyl (C=O) groups excluding carboxylic acids is 3. The largest absolute Gasteiger partial charge is 0.467 e. The van der Waals surface area contributed by atoms with Gasteiger partial charge in [0.15, 0.2) is 0 Å². The molecule has 1 atom stereocenters. The van der Waals surface area contributed by atoms with E-state index in [1.54, 1.807) is 31.2 Å². The van der Waals surface area contributed by atoms with E-state index in [0.29, 0.717) is 15.9 Å². The smallest absolute Gasteiger partial charge is 0.348 e. The molecule has 1 unspecified atom stereocenters. The monoisotopic (exact) mass is 442 g/mol. The van der Waals surface area contributed by atoms with Gasteiger partial charge in [-0.3, -0.25) is 9.59 Å². The number of aromatic nitrogens is 1. The zero-order valence-electron chi connectivity index (χ0n) is 16.7. The fraction of sp³-hybridized carbons (Fsp3) is 0.182. The van der Waals surface area contributed by atoms with Crippen LogP contribution < -0.4 is 10.9 Å². The number of amides is 1. The summed E-state index contributed by atoms with van der Waals surface area (Å²) in [4.78, 5) is 54.2. The number of nitrogens with one attached hydrogen (secondary N) is 2. The molecule has 1 aromatic heterocycles. The standard InChI is InChI=1S/C22H19ClN2O6/c1-3-31-21(29)22(20(28)30-2,25-19(27)13-8-10-14(23)11-9-13)16-12-18(26)24-17-7-5-4-6-15(16)17/h4-12H,3H2,1-2H3,(H,24,26)(H,25,27). The van der Waals surface area contributed by atoms with Crippen molar-refractivity contribution in [2.75, 3.05) is 13.7 Å². The van der Waals surface area contributed by atoms with Gasteiger partial charge in [0, 0.05) is 33.1 Å². The predicted octanol–water partition coefficient (Wildman–Crippen LogP) is 2.54. The van der Waals surface area contributed by atoms with Crippen LogP contribution in [-0.4, -0.2) is 36.5 Å². The lowest BCUT2D eigenvalue weighted by Crippen LogP contribution is -2.59. The van der Waals surface area contributed by atoms with E-state index in [1.807, 2.05) is 0 Å². The molecular formula is C22H19ClN2O6. The third-order valence-electron chi connectivity index (χ3n) is 4.64. The van der Waals surface area contributed by atoms with Crippen molar-refractivity contribution in [1.82, 2.24) is 10.3 Å². The fourth-order valence-electron chi connectivity index (χ4n) is 3.22. The molecule has 0 aliphatic carbocycles. The molecule has 8 nitrogen and oxygen atoms in total. The van der Waals surface area contributed by atoms with Crippen molar-refractivity contribution in [3.63, 3.8) is 0 Å². The number of fused-ring (bicyclic) bond motifs is 1. The van der Waals surface area contributed by atoms with Gasteiger partial charge in [0.25, 0.3) is 11.4 Å². The summed E-state index contributed by atoms with van der Waals surface area (Å²) in [5.74, 6) is -2.96. The molecule has 0 saturated heterocycles. The Hall–Kier alpha value is -3.65. The number of hydrogen-bond acceptors (Lipinski definition) is 6. The Balaban J connectivity index is 2.29. The lowest BCUT2D eigenvalue weighted by atomic mass is 9.86. The second kappa shape index (κ2) is 9.01. The molecule has 0 spiro atoms. The summed E-state index contributed by atoms with van der Waals surface area (Å²) in [6.45, 7) is 1.48. The molecule has 0 saturated carbocycles. The van der Waals surface area contributed by atoms with Gasteiger partial charge >= 0.3 is 11.9 Å². The molecule has 3 rings (SSSR count). The second-order valence-electron chi connectivity index (χ2n) is 6.52. The van der Waals surface area contributed by atoms with Crippen LogP contribution in [0.15, 0.2) is 59.4 Å². The van der Waals surface area contributed by atoms with Crippen LogP contribution in [0, 0.1) is 0 Å². The summed E-state index contributed by atoms with van der Waals surface area (Å²) in [6, 6.07) is 13.5. The first kappa shape index (κ1) is 22.0. The quantitative estimate of drug-likeness (QED) is 0.448. The molecule has 0 aliphatic rings. The van der Waals surface area contributed by atoms with E-state index >= 15 is 0 Å². The van der Waals surface area contributed by atoms with E-state index < -0.39 is 28.9 Å². The van der Waals surface area contributed by atoms with E-state index in [4.69, 9.17) is 21.1 Å². The number of H-pyrrole nitrogens is 1. The molecule has 0 radical (unpaired) electrons. The first-order chi connectivity index (χ1) is 14.8. The molecule has 1 heterocycles. The zero-order valence-corrected chi connectivity index (χ0v) is 17.5. The van der Waals surface area contributed by atoms with Gasteiger partial charge in [-0.05, 0) is 37.3 Å². The minimum absolute atomic E-state index is 0.0699. The molecule has 1 amide bonds. The summed E-state index contributed by atoms with van der Waals surface area (Å²) in [5, 5.41) is 3.22. The molecule has 160 valence electrons. The van der Waals surface area contributed by atoms with Crippen molar-refractivity contribution in [1.29, 1.82) is 0 Å². The Labute approximate surface area is 182 Å². The van der Waals surface area contributed by atoms with Crippen LogP contribution in [0.1, 0.15) is 22.8 Å². The Bertz CT molecular complexity index is 1200. The van der Waals surface area contributed by atoms with E-state index in [9.17, 15) is 19.2 Å². The van der Waals surface area contributed by atoms with Gasteiger partial charge < -0.3 is 19.8 Å². The molecule has 0 aliphatic heterocycles. The number of esters is 2. The Morgan fingerprint density at radius 2 is 1.74 bits per heavy atom. The fourth-order valence-corrected chi connectivity index (χ4v) is 3.35. The number of methoxy groups -OCH3 is 1. The third-order valence-corrected chi connectivity index (χ3v) is 4.89. The lowest BCUT2D eigenvalue weighted by molar-refractivity contribution is -0.165. The normalized spacial score (nSPS) is 12.6. The summed E-state index contributed by atoms with van der Waals surface area (Å²) in [6.07, 6.45) is 0. The maximum Gasteiger partial charge on any atom is 0.348 e. The minimum atomic E-state index is -2.42. The van der Waals surface area contributed by atoms with Gasteiger partial charge in [-0.25, -0.2) is 9.59 Å². The number of ether oxygens (including phenoxy) is 2. The van der Waals surface area contributed by atoms with Crippen molar-refractivity contribution in [3.05, 3.63) is 81.1 Å². The van der Waals surface area contributed by atoms with Crippen LogP contribution in [0.3, 0.4) is 0 Å². The maximum atomic E-state index is 13.2. The van der Waals surface area contributed by atoms with Gasteiger partial charge in [-0.2, -0.15) is 0 Å². The SMILES string of the molecule is CCOC(=O)C(NC(=O)c1ccc(Cl)cc1)(C(=O)OC)c1cc(=O)[nH]c2ccccc12. The highest BCUT2D eigenvalue weighted by molar-refractivity contribution is 6.30. The molecule has 9 heteroatoms. The molecule has 0 bridgehead atoms. The molecule has 2 N–H and O–H groups in total. The summed E-state index contributed by atoms with van der Waals surface area (Å²) >= 11 is 5.87.